The molecule has 0 saturated carbocycles. The molecule has 1 saturated heterocycles. The molecular weight excluding hydrogens is 218 g/mol. The molecule has 1 aliphatic heterocycles. The Labute approximate surface area is 93.9 Å². The minimum atomic E-state index is -0.733. The fraction of sp³-hybridized carbons (Fsp3) is 0.556. The average molecular weight is 232 g/mol. The SMILES string of the molecule is Cl.Cn1cc(C2CNCC2C(=O)O)cn1. The van der Waals surface area contributed by atoms with E-state index in [1.165, 1.54) is 0 Å². The van der Waals surface area contributed by atoms with E-state index in [2.05, 4.69) is 10.4 Å². The lowest BCUT2D eigenvalue weighted by Crippen LogP contribution is -2.20. The lowest BCUT2D eigenvalue weighted by molar-refractivity contribution is -0.141. The van der Waals surface area contributed by atoms with Crippen molar-refractivity contribution in [3.63, 3.8) is 0 Å². The highest BCUT2D eigenvalue weighted by atomic mass is 35.5. The summed E-state index contributed by atoms with van der Waals surface area (Å²) < 4.78 is 1.70. The predicted molar refractivity (Wildman–Crippen MR) is 57.2 cm³/mol. The molecule has 1 aromatic heterocycles. The van der Waals surface area contributed by atoms with Crippen LogP contribution in [-0.2, 0) is 11.8 Å². The summed E-state index contributed by atoms with van der Waals surface area (Å²) in [6.45, 7) is 1.28. The zero-order valence-electron chi connectivity index (χ0n) is 8.38. The zero-order valence-corrected chi connectivity index (χ0v) is 9.20. The van der Waals surface area contributed by atoms with E-state index < -0.39 is 5.97 Å². The van der Waals surface area contributed by atoms with Gasteiger partial charge in [-0.1, -0.05) is 0 Å². The summed E-state index contributed by atoms with van der Waals surface area (Å²) in [5, 5.41) is 16.1. The third-order valence-electron chi connectivity index (χ3n) is 2.68. The van der Waals surface area contributed by atoms with Crippen LogP contribution in [0.1, 0.15) is 11.5 Å². The van der Waals surface area contributed by atoms with Gasteiger partial charge in [-0.2, -0.15) is 5.10 Å². The summed E-state index contributed by atoms with van der Waals surface area (Å²) in [6.07, 6.45) is 3.63. The van der Waals surface area contributed by atoms with E-state index in [1.54, 1.807) is 10.9 Å². The van der Waals surface area contributed by atoms with Crippen molar-refractivity contribution in [3.05, 3.63) is 18.0 Å². The lowest BCUT2D eigenvalue weighted by Gasteiger charge is -2.11. The summed E-state index contributed by atoms with van der Waals surface area (Å²) in [5.41, 5.74) is 1.00. The Hall–Kier alpha value is -1.07. The Balaban J connectivity index is 0.00000112. The van der Waals surface area contributed by atoms with Crippen LogP contribution in [0, 0.1) is 5.92 Å². The standard InChI is InChI=1S/C9H13N3O2.ClH/c1-12-5-6(2-11-12)7-3-10-4-8(7)9(13)14;/h2,5,7-8,10H,3-4H2,1H3,(H,13,14);1H. The van der Waals surface area contributed by atoms with Crippen LogP contribution in [0.5, 0.6) is 0 Å². The number of aliphatic carboxylic acids is 1. The van der Waals surface area contributed by atoms with Gasteiger partial charge in [-0.15, -0.1) is 12.4 Å². The highest BCUT2D eigenvalue weighted by molar-refractivity contribution is 5.85. The number of carboxylic acid groups (broad SMARTS) is 1. The highest BCUT2D eigenvalue weighted by Gasteiger charge is 2.34. The van der Waals surface area contributed by atoms with Gasteiger partial charge in [0.25, 0.3) is 0 Å². The van der Waals surface area contributed by atoms with E-state index in [9.17, 15) is 4.79 Å². The molecule has 2 rings (SSSR count). The fourth-order valence-electron chi connectivity index (χ4n) is 1.92. The monoisotopic (exact) mass is 231 g/mol. The van der Waals surface area contributed by atoms with E-state index in [0.717, 1.165) is 12.1 Å². The molecule has 0 spiro atoms. The number of rotatable bonds is 2. The summed E-state index contributed by atoms with van der Waals surface area (Å²) in [7, 11) is 1.83. The van der Waals surface area contributed by atoms with Crippen molar-refractivity contribution in [3.8, 4) is 0 Å². The lowest BCUT2D eigenvalue weighted by atomic mass is 9.91. The van der Waals surface area contributed by atoms with Gasteiger partial charge in [-0.3, -0.25) is 9.48 Å². The second-order valence-electron chi connectivity index (χ2n) is 3.66. The van der Waals surface area contributed by atoms with Crippen LogP contribution in [0.15, 0.2) is 12.4 Å². The number of carboxylic acids is 1. The van der Waals surface area contributed by atoms with Crippen molar-refractivity contribution in [1.82, 2.24) is 15.1 Å². The third kappa shape index (κ3) is 2.30. The summed E-state index contributed by atoms with van der Waals surface area (Å²) in [6, 6.07) is 0. The molecule has 0 aliphatic carbocycles. The summed E-state index contributed by atoms with van der Waals surface area (Å²) in [4.78, 5) is 10.9. The number of hydrogen-bond donors (Lipinski definition) is 2. The first-order chi connectivity index (χ1) is 6.68. The number of aryl methyl sites for hydroxylation is 1. The first-order valence-electron chi connectivity index (χ1n) is 4.60. The van der Waals surface area contributed by atoms with E-state index >= 15 is 0 Å². The minimum absolute atomic E-state index is 0. The van der Waals surface area contributed by atoms with E-state index in [-0.39, 0.29) is 24.2 Å². The molecule has 2 N–H and O–H groups in total. The Bertz CT molecular complexity index is 353. The molecule has 1 aromatic rings. The van der Waals surface area contributed by atoms with Crippen LogP contribution in [0.2, 0.25) is 0 Å². The van der Waals surface area contributed by atoms with Crippen molar-refractivity contribution < 1.29 is 9.90 Å². The molecule has 0 amide bonds. The van der Waals surface area contributed by atoms with Gasteiger partial charge < -0.3 is 10.4 Å². The minimum Gasteiger partial charge on any atom is -0.481 e. The van der Waals surface area contributed by atoms with Gasteiger partial charge in [0.1, 0.15) is 0 Å². The Morgan fingerprint density at radius 1 is 1.67 bits per heavy atom. The molecule has 0 bridgehead atoms. The van der Waals surface area contributed by atoms with Gasteiger partial charge in [0.05, 0.1) is 12.1 Å². The predicted octanol–water partition coefficient (Wildman–Crippen LogP) is 0.229. The van der Waals surface area contributed by atoms with Gasteiger partial charge in [0, 0.05) is 32.3 Å². The largest absolute Gasteiger partial charge is 0.481 e. The van der Waals surface area contributed by atoms with Crippen molar-refractivity contribution in [2.45, 2.75) is 5.92 Å². The molecule has 15 heavy (non-hydrogen) atoms. The maximum Gasteiger partial charge on any atom is 0.308 e. The quantitative estimate of drug-likeness (QED) is 0.765. The number of carbonyl (C=O) groups is 1. The van der Waals surface area contributed by atoms with E-state index in [0.29, 0.717) is 6.54 Å². The Morgan fingerprint density at radius 2 is 2.40 bits per heavy atom. The molecule has 0 aromatic carbocycles. The first kappa shape index (κ1) is 12.0. The van der Waals surface area contributed by atoms with Gasteiger partial charge in [-0.05, 0) is 5.56 Å². The Morgan fingerprint density at radius 3 is 2.93 bits per heavy atom. The maximum absolute atomic E-state index is 10.9. The molecule has 1 aliphatic rings. The van der Waals surface area contributed by atoms with Gasteiger partial charge in [0.15, 0.2) is 0 Å². The molecule has 2 atom stereocenters. The van der Waals surface area contributed by atoms with E-state index in [4.69, 9.17) is 5.11 Å². The third-order valence-corrected chi connectivity index (χ3v) is 2.68. The molecule has 84 valence electrons. The first-order valence-corrected chi connectivity index (χ1v) is 4.60. The van der Waals surface area contributed by atoms with Gasteiger partial charge in [0.2, 0.25) is 0 Å². The van der Waals surface area contributed by atoms with E-state index in [1.807, 2.05) is 13.2 Å². The molecule has 2 unspecified atom stereocenters. The second kappa shape index (κ2) is 4.63. The van der Waals surface area contributed by atoms with Crippen molar-refractivity contribution in [1.29, 1.82) is 0 Å². The van der Waals surface area contributed by atoms with Gasteiger partial charge >= 0.3 is 5.97 Å². The number of hydrogen-bond acceptors (Lipinski definition) is 3. The molecule has 5 nitrogen and oxygen atoms in total. The Kier molecular flexibility index (Phi) is 3.71. The number of nitrogens with one attached hydrogen (secondary N) is 1. The smallest absolute Gasteiger partial charge is 0.308 e. The second-order valence-corrected chi connectivity index (χ2v) is 3.66. The normalized spacial score (nSPS) is 24.9. The van der Waals surface area contributed by atoms with Gasteiger partial charge in [-0.25, -0.2) is 0 Å². The molecule has 2 heterocycles. The van der Waals surface area contributed by atoms with Crippen LogP contribution >= 0.6 is 12.4 Å². The van der Waals surface area contributed by atoms with Crippen molar-refractivity contribution in [2.24, 2.45) is 13.0 Å². The van der Waals surface area contributed by atoms with Crippen molar-refractivity contribution >= 4 is 18.4 Å². The maximum atomic E-state index is 10.9. The molecule has 1 fully saturated rings. The molecular formula is C9H14ClN3O2. The highest BCUT2D eigenvalue weighted by Crippen LogP contribution is 2.27. The van der Waals surface area contributed by atoms with Crippen molar-refractivity contribution in [2.75, 3.05) is 13.1 Å². The van der Waals surface area contributed by atoms with Crippen LogP contribution in [0.3, 0.4) is 0 Å². The topological polar surface area (TPSA) is 67.2 Å². The van der Waals surface area contributed by atoms with Crippen LogP contribution in [0.25, 0.3) is 0 Å². The average Bonchev–Trinajstić information content (AvgIpc) is 2.70. The molecule has 0 radical (unpaired) electrons. The fourth-order valence-corrected chi connectivity index (χ4v) is 1.92. The molecule has 6 heteroatoms. The zero-order chi connectivity index (χ0) is 10.1. The number of aromatic nitrogens is 2. The number of nitrogens with zero attached hydrogens (tertiary/aromatic N) is 2. The van der Waals surface area contributed by atoms with Crippen LogP contribution in [-0.4, -0.2) is 33.9 Å². The number of halogens is 1. The van der Waals surface area contributed by atoms with Crippen LogP contribution < -0.4 is 5.32 Å². The summed E-state index contributed by atoms with van der Waals surface area (Å²) in [5.74, 6) is -0.996. The van der Waals surface area contributed by atoms with Crippen LogP contribution in [0.4, 0.5) is 0 Å². The summed E-state index contributed by atoms with van der Waals surface area (Å²) >= 11 is 0.